The van der Waals surface area contributed by atoms with E-state index in [0.717, 1.165) is 16.0 Å². The lowest BCUT2D eigenvalue weighted by molar-refractivity contribution is 1.66. The minimum atomic E-state index is 1.05. The lowest BCUT2D eigenvalue weighted by atomic mass is 10.6. The summed E-state index contributed by atoms with van der Waals surface area (Å²) in [6.45, 7) is 3.83. The molecule has 0 atom stereocenters. The van der Waals surface area contributed by atoms with Crippen molar-refractivity contribution >= 4 is 16.0 Å². The molecule has 0 aromatic carbocycles. The van der Waals surface area contributed by atoms with Crippen LogP contribution in [0.2, 0.25) is 0 Å². The van der Waals surface area contributed by atoms with Gasteiger partial charge in [0.25, 0.3) is 0 Å². The molecule has 0 bridgehead atoms. The van der Waals surface area contributed by atoms with Gasteiger partial charge in [-0.2, -0.15) is 0 Å². The predicted molar refractivity (Wildman–Crippen MR) is 26.4 cm³/mol. The third-order valence-electron chi connectivity index (χ3n) is 0.204. The lowest BCUT2D eigenvalue weighted by Gasteiger charge is -1.65. The SMILES string of the molecule is CC(C)=S=N. The van der Waals surface area contributed by atoms with Gasteiger partial charge in [-0.05, 0) is 18.7 Å². The van der Waals surface area contributed by atoms with Crippen LogP contribution in [0.1, 0.15) is 13.8 Å². The third kappa shape index (κ3) is 3.89. The Bertz CT molecular complexity index is 67.0. The van der Waals surface area contributed by atoms with Gasteiger partial charge in [-0.3, -0.25) is 0 Å². The molecule has 0 aliphatic carbocycles. The summed E-state index contributed by atoms with van der Waals surface area (Å²) in [5.74, 6) is 0. The first-order chi connectivity index (χ1) is 2.27. The van der Waals surface area contributed by atoms with Gasteiger partial charge in [0, 0.05) is 0 Å². The molecule has 2 heteroatoms. The second kappa shape index (κ2) is 2.15. The van der Waals surface area contributed by atoms with E-state index in [1.807, 2.05) is 13.8 Å². The normalized spacial score (nSPS) is 6.80. The first-order valence-corrected chi connectivity index (χ1v) is 2.22. The highest BCUT2D eigenvalue weighted by Crippen LogP contribution is 1.55. The number of nitrogens with one attached hydrogen (secondary N) is 1. The highest BCUT2D eigenvalue weighted by Gasteiger charge is 1.59. The van der Waals surface area contributed by atoms with E-state index in [4.69, 9.17) is 4.78 Å². The van der Waals surface area contributed by atoms with Crippen molar-refractivity contribution in [1.82, 2.24) is 0 Å². The fourth-order valence-corrected chi connectivity index (χ4v) is 0. The summed E-state index contributed by atoms with van der Waals surface area (Å²) >= 11 is 1.05. The van der Waals surface area contributed by atoms with Gasteiger partial charge in [0.05, 0.1) is 0 Å². The molecule has 0 aromatic rings. The highest BCUT2D eigenvalue weighted by atomic mass is 32.1. The standard InChI is InChI=1S/C3H7NS/c1-3(2)5-4/h4H,1-2H3. The van der Waals surface area contributed by atoms with Crippen molar-refractivity contribution in [2.75, 3.05) is 0 Å². The third-order valence-corrected chi connectivity index (χ3v) is 0.612. The molecule has 0 amide bonds. The smallest absolute Gasteiger partial charge is 0.00553 e. The summed E-state index contributed by atoms with van der Waals surface area (Å²) < 4.78 is 6.54. The molecule has 1 nitrogen and oxygen atoms in total. The van der Waals surface area contributed by atoms with Crippen molar-refractivity contribution in [2.45, 2.75) is 13.8 Å². The van der Waals surface area contributed by atoms with Crippen molar-refractivity contribution in [3.63, 3.8) is 0 Å². The molecule has 0 rings (SSSR count). The summed E-state index contributed by atoms with van der Waals surface area (Å²) in [7, 11) is 0. The zero-order valence-corrected chi connectivity index (χ0v) is 4.22. The zero-order chi connectivity index (χ0) is 4.28. The monoisotopic (exact) mass is 89.0 g/mol. The predicted octanol–water partition coefficient (Wildman–Crippen LogP) is 1.04. The Labute approximate surface area is 35.5 Å². The van der Waals surface area contributed by atoms with Crippen molar-refractivity contribution in [1.29, 1.82) is 4.78 Å². The maximum absolute atomic E-state index is 6.54. The van der Waals surface area contributed by atoms with E-state index in [1.54, 1.807) is 0 Å². The van der Waals surface area contributed by atoms with Crippen LogP contribution in [0.15, 0.2) is 0 Å². The first kappa shape index (κ1) is 4.89. The minimum absolute atomic E-state index is 1.05. The van der Waals surface area contributed by atoms with Crippen LogP contribution < -0.4 is 0 Å². The van der Waals surface area contributed by atoms with E-state index >= 15 is 0 Å². The summed E-state index contributed by atoms with van der Waals surface area (Å²) in [6, 6.07) is 0. The first-order valence-electron chi connectivity index (χ1n) is 1.41. The maximum atomic E-state index is 6.54. The van der Waals surface area contributed by atoms with E-state index in [1.165, 1.54) is 0 Å². The quantitative estimate of drug-likeness (QED) is 0.429. The summed E-state index contributed by atoms with van der Waals surface area (Å²) in [5.41, 5.74) is 0. The summed E-state index contributed by atoms with van der Waals surface area (Å²) in [6.07, 6.45) is 0. The van der Waals surface area contributed by atoms with Crippen LogP contribution in [-0.4, -0.2) is 4.86 Å². The molecule has 0 aliphatic rings. The maximum Gasteiger partial charge on any atom is -0.00553 e. The Kier molecular flexibility index (Phi) is 2.10. The molecule has 0 spiro atoms. The van der Waals surface area contributed by atoms with Crippen molar-refractivity contribution < 1.29 is 0 Å². The molecule has 1 N–H and O–H groups in total. The van der Waals surface area contributed by atoms with E-state index in [2.05, 4.69) is 0 Å². The van der Waals surface area contributed by atoms with Gasteiger partial charge in [0.1, 0.15) is 0 Å². The summed E-state index contributed by atoms with van der Waals surface area (Å²) in [5, 5.41) is 0. The van der Waals surface area contributed by atoms with Crippen molar-refractivity contribution in [3.05, 3.63) is 0 Å². The average Bonchev–Trinajstić information content (AvgIpc) is 1.38. The van der Waals surface area contributed by atoms with Crippen LogP contribution in [0.25, 0.3) is 0 Å². The molecule has 0 fully saturated rings. The van der Waals surface area contributed by atoms with Crippen LogP contribution in [0.5, 0.6) is 0 Å². The molecular weight excluding hydrogens is 82.1 g/mol. The number of hydrogen-bond donors (Lipinski definition) is 1. The molecule has 0 unspecified atom stereocenters. The lowest BCUT2D eigenvalue weighted by Crippen LogP contribution is -1.71. The van der Waals surface area contributed by atoms with Gasteiger partial charge in [0.15, 0.2) is 0 Å². The average molecular weight is 89.2 g/mol. The number of hydrogen-bond acceptors (Lipinski definition) is 1. The highest BCUT2D eigenvalue weighted by molar-refractivity contribution is 7.67. The fraction of sp³-hybridized carbons (Fsp3) is 0.667. The molecule has 0 saturated heterocycles. The fourth-order valence-electron chi connectivity index (χ4n) is 0. The van der Waals surface area contributed by atoms with Gasteiger partial charge >= 0.3 is 0 Å². The van der Waals surface area contributed by atoms with E-state index in [0.29, 0.717) is 0 Å². The second-order valence-corrected chi connectivity index (χ2v) is 2.03. The van der Waals surface area contributed by atoms with Crippen molar-refractivity contribution in [3.8, 4) is 0 Å². The molecular formula is C3H7NS. The summed E-state index contributed by atoms with van der Waals surface area (Å²) in [4.78, 5) is 1.09. The van der Waals surface area contributed by atoms with Gasteiger partial charge in [0.2, 0.25) is 0 Å². The largest absolute Gasteiger partial charge is 0.246 e. The van der Waals surface area contributed by atoms with E-state index in [9.17, 15) is 0 Å². The van der Waals surface area contributed by atoms with Crippen LogP contribution in [0, 0.1) is 4.78 Å². The Hall–Kier alpha value is -0.110. The van der Waals surface area contributed by atoms with Crippen molar-refractivity contribution in [2.24, 2.45) is 0 Å². The molecule has 30 valence electrons. The molecule has 0 radical (unpaired) electrons. The molecule has 0 saturated carbocycles. The van der Waals surface area contributed by atoms with Gasteiger partial charge in [-0.1, -0.05) is 11.1 Å². The molecule has 0 aromatic heterocycles. The molecule has 0 heterocycles. The van der Waals surface area contributed by atoms with Gasteiger partial charge in [-0.15, -0.1) is 0 Å². The molecule has 0 aliphatic heterocycles. The second-order valence-electron chi connectivity index (χ2n) is 1.01. The topological polar surface area (TPSA) is 23.9 Å². The Morgan fingerprint density at radius 2 is 1.80 bits per heavy atom. The Morgan fingerprint density at radius 3 is 1.80 bits per heavy atom. The van der Waals surface area contributed by atoms with Crippen LogP contribution in [-0.2, 0) is 11.1 Å². The Morgan fingerprint density at radius 1 is 1.60 bits per heavy atom. The van der Waals surface area contributed by atoms with Crippen LogP contribution in [0.3, 0.4) is 0 Å². The minimum Gasteiger partial charge on any atom is -0.246 e. The Balaban J connectivity index is 3.60. The van der Waals surface area contributed by atoms with E-state index < -0.39 is 0 Å². The van der Waals surface area contributed by atoms with Gasteiger partial charge in [-0.25, -0.2) is 4.78 Å². The zero-order valence-electron chi connectivity index (χ0n) is 3.41. The van der Waals surface area contributed by atoms with Crippen LogP contribution >= 0.6 is 0 Å². The number of rotatable bonds is 0. The van der Waals surface area contributed by atoms with E-state index in [-0.39, 0.29) is 0 Å². The van der Waals surface area contributed by atoms with Gasteiger partial charge < -0.3 is 0 Å². The van der Waals surface area contributed by atoms with Crippen LogP contribution in [0.4, 0.5) is 0 Å². The molecule has 5 heavy (non-hydrogen) atoms.